The van der Waals surface area contributed by atoms with Crippen LogP contribution >= 0.6 is 0 Å². The molecule has 0 aromatic carbocycles. The molecule has 0 saturated carbocycles. The molecule has 2 aromatic heterocycles. The standard InChI is InChI=1S/C12H11N3O4/c16-10-3-1-2-6-14(10)7-8-15-11(17)5-4-9(13-15)12(18)19/h1-6H,7-8H2,(H,18,19). The minimum absolute atomic E-state index is 0.129. The lowest BCUT2D eigenvalue weighted by Gasteiger charge is -2.07. The molecule has 0 amide bonds. The number of hydrogen-bond donors (Lipinski definition) is 1. The van der Waals surface area contributed by atoms with E-state index in [0.29, 0.717) is 0 Å². The molecule has 0 unspecified atom stereocenters. The van der Waals surface area contributed by atoms with E-state index in [4.69, 9.17) is 5.11 Å². The average molecular weight is 261 g/mol. The van der Waals surface area contributed by atoms with Crippen molar-refractivity contribution < 1.29 is 9.90 Å². The maximum Gasteiger partial charge on any atom is 0.356 e. The van der Waals surface area contributed by atoms with Crippen LogP contribution in [0.5, 0.6) is 0 Å². The Morgan fingerprint density at radius 1 is 1.11 bits per heavy atom. The summed E-state index contributed by atoms with van der Waals surface area (Å²) in [4.78, 5) is 33.7. The summed E-state index contributed by atoms with van der Waals surface area (Å²) in [6.45, 7) is 0.375. The second-order valence-corrected chi connectivity index (χ2v) is 3.82. The fraction of sp³-hybridized carbons (Fsp3) is 0.167. The van der Waals surface area contributed by atoms with Crippen molar-refractivity contribution in [3.8, 4) is 0 Å². The van der Waals surface area contributed by atoms with Gasteiger partial charge in [0.25, 0.3) is 11.1 Å². The topological polar surface area (TPSA) is 94.2 Å². The minimum atomic E-state index is -1.20. The molecule has 0 aliphatic carbocycles. The molecule has 7 nitrogen and oxygen atoms in total. The highest BCUT2D eigenvalue weighted by Gasteiger charge is 2.07. The summed E-state index contributed by atoms with van der Waals surface area (Å²) in [5.41, 5.74) is -0.807. The molecule has 0 aliphatic rings. The highest BCUT2D eigenvalue weighted by Crippen LogP contribution is 1.91. The summed E-state index contributed by atoms with van der Waals surface area (Å²) in [5, 5.41) is 12.5. The van der Waals surface area contributed by atoms with Gasteiger partial charge in [-0.2, -0.15) is 5.10 Å². The quantitative estimate of drug-likeness (QED) is 0.822. The third kappa shape index (κ3) is 2.95. The zero-order valence-electron chi connectivity index (χ0n) is 9.89. The van der Waals surface area contributed by atoms with Crippen LogP contribution in [0.2, 0.25) is 0 Å². The van der Waals surface area contributed by atoms with E-state index in [2.05, 4.69) is 5.10 Å². The van der Waals surface area contributed by atoms with Gasteiger partial charge in [0, 0.05) is 24.9 Å². The Kier molecular flexibility index (Phi) is 3.56. The van der Waals surface area contributed by atoms with Gasteiger partial charge in [0.15, 0.2) is 5.69 Å². The molecular formula is C12H11N3O4. The zero-order valence-corrected chi connectivity index (χ0v) is 9.89. The molecule has 0 aliphatic heterocycles. The number of hydrogen-bond acceptors (Lipinski definition) is 4. The van der Waals surface area contributed by atoms with E-state index in [-0.39, 0.29) is 24.3 Å². The fourth-order valence-corrected chi connectivity index (χ4v) is 1.57. The van der Waals surface area contributed by atoms with Crippen LogP contribution in [0.1, 0.15) is 10.5 Å². The highest BCUT2D eigenvalue weighted by molar-refractivity contribution is 5.84. The summed E-state index contributed by atoms with van der Waals surface area (Å²) in [6, 6.07) is 7.02. The van der Waals surface area contributed by atoms with Gasteiger partial charge in [0.05, 0.1) is 6.54 Å². The Bertz CT molecular complexity index is 717. The third-order valence-corrected chi connectivity index (χ3v) is 2.54. The van der Waals surface area contributed by atoms with E-state index in [1.165, 1.54) is 10.6 Å². The number of aromatic nitrogens is 3. The van der Waals surface area contributed by atoms with E-state index >= 15 is 0 Å². The number of carboxylic acids is 1. The third-order valence-electron chi connectivity index (χ3n) is 2.54. The molecule has 98 valence electrons. The van der Waals surface area contributed by atoms with E-state index < -0.39 is 11.5 Å². The lowest BCUT2D eigenvalue weighted by molar-refractivity contribution is 0.0687. The summed E-state index contributed by atoms with van der Waals surface area (Å²) in [7, 11) is 0. The Morgan fingerprint density at radius 2 is 1.89 bits per heavy atom. The largest absolute Gasteiger partial charge is 0.476 e. The number of rotatable bonds is 4. The van der Waals surface area contributed by atoms with E-state index in [1.54, 1.807) is 18.3 Å². The van der Waals surface area contributed by atoms with E-state index in [0.717, 1.165) is 16.8 Å². The number of carbonyl (C=O) groups is 1. The number of carboxylic acid groups (broad SMARTS) is 1. The second-order valence-electron chi connectivity index (χ2n) is 3.82. The lowest BCUT2D eigenvalue weighted by atomic mass is 10.4. The van der Waals surface area contributed by atoms with Crippen LogP contribution in [0.25, 0.3) is 0 Å². The van der Waals surface area contributed by atoms with E-state index in [9.17, 15) is 14.4 Å². The van der Waals surface area contributed by atoms with Crippen molar-refractivity contribution in [1.29, 1.82) is 0 Å². The van der Waals surface area contributed by atoms with Gasteiger partial charge in [0.2, 0.25) is 0 Å². The maximum absolute atomic E-state index is 11.5. The Morgan fingerprint density at radius 3 is 2.58 bits per heavy atom. The molecule has 0 fully saturated rings. The van der Waals surface area contributed by atoms with Gasteiger partial charge >= 0.3 is 5.97 Å². The molecule has 1 N–H and O–H groups in total. The molecule has 19 heavy (non-hydrogen) atoms. The fourth-order valence-electron chi connectivity index (χ4n) is 1.57. The molecule has 2 aromatic rings. The predicted octanol–water partition coefficient (Wildman–Crippen LogP) is -0.197. The van der Waals surface area contributed by atoms with Crippen LogP contribution in [0.3, 0.4) is 0 Å². The van der Waals surface area contributed by atoms with Gasteiger partial charge in [-0.3, -0.25) is 9.59 Å². The maximum atomic E-state index is 11.5. The van der Waals surface area contributed by atoms with Gasteiger partial charge in [-0.05, 0) is 12.1 Å². The number of aryl methyl sites for hydroxylation is 2. The molecule has 0 saturated heterocycles. The van der Waals surface area contributed by atoms with Gasteiger partial charge in [0.1, 0.15) is 0 Å². The van der Waals surface area contributed by atoms with Crippen LogP contribution in [-0.2, 0) is 13.1 Å². The van der Waals surface area contributed by atoms with Crippen molar-refractivity contribution in [2.24, 2.45) is 0 Å². The van der Waals surface area contributed by atoms with Gasteiger partial charge < -0.3 is 9.67 Å². The molecular weight excluding hydrogens is 250 g/mol. The smallest absolute Gasteiger partial charge is 0.356 e. The molecule has 0 spiro atoms. The zero-order chi connectivity index (χ0) is 13.8. The molecule has 0 radical (unpaired) electrons. The normalized spacial score (nSPS) is 10.3. The van der Waals surface area contributed by atoms with E-state index in [1.807, 2.05) is 0 Å². The molecule has 2 rings (SSSR count). The number of aromatic carboxylic acids is 1. The molecule has 2 heterocycles. The number of nitrogens with zero attached hydrogens (tertiary/aromatic N) is 3. The van der Waals surface area contributed by atoms with Crippen LogP contribution in [0, 0.1) is 0 Å². The second kappa shape index (κ2) is 5.30. The Balaban J connectivity index is 2.22. The Hall–Kier alpha value is -2.70. The van der Waals surface area contributed by atoms with Gasteiger partial charge in [-0.25, -0.2) is 9.48 Å². The molecule has 7 heteroatoms. The summed E-state index contributed by atoms with van der Waals surface area (Å²) in [6.07, 6.45) is 1.59. The summed E-state index contributed by atoms with van der Waals surface area (Å²) in [5.74, 6) is -1.20. The van der Waals surface area contributed by atoms with Crippen molar-refractivity contribution in [3.63, 3.8) is 0 Å². The summed E-state index contributed by atoms with van der Waals surface area (Å²) < 4.78 is 2.45. The van der Waals surface area contributed by atoms with Gasteiger partial charge in [-0.15, -0.1) is 0 Å². The van der Waals surface area contributed by atoms with Crippen molar-refractivity contribution >= 4 is 5.97 Å². The van der Waals surface area contributed by atoms with Crippen LogP contribution in [0.15, 0.2) is 46.1 Å². The van der Waals surface area contributed by atoms with Crippen LogP contribution in [-0.4, -0.2) is 25.4 Å². The first kappa shape index (κ1) is 12.7. The van der Waals surface area contributed by atoms with Gasteiger partial charge in [-0.1, -0.05) is 6.07 Å². The average Bonchev–Trinajstić information content (AvgIpc) is 2.39. The number of pyridine rings is 1. The SMILES string of the molecule is O=C(O)c1ccc(=O)n(CCn2ccccc2=O)n1. The van der Waals surface area contributed by atoms with Crippen molar-refractivity contribution in [2.75, 3.05) is 0 Å². The first-order valence-electron chi connectivity index (χ1n) is 5.55. The van der Waals surface area contributed by atoms with Crippen molar-refractivity contribution in [3.05, 3.63) is 62.9 Å². The summed E-state index contributed by atoms with van der Waals surface area (Å²) >= 11 is 0. The van der Waals surface area contributed by atoms with Crippen molar-refractivity contribution in [2.45, 2.75) is 13.1 Å². The highest BCUT2D eigenvalue weighted by atomic mass is 16.4. The minimum Gasteiger partial charge on any atom is -0.476 e. The predicted molar refractivity (Wildman–Crippen MR) is 66.2 cm³/mol. The monoisotopic (exact) mass is 261 g/mol. The van der Waals surface area contributed by atoms with Crippen molar-refractivity contribution in [1.82, 2.24) is 14.3 Å². The first-order chi connectivity index (χ1) is 9.08. The molecule has 0 bridgehead atoms. The van der Waals surface area contributed by atoms with Crippen LogP contribution in [0.4, 0.5) is 0 Å². The molecule has 0 atom stereocenters. The first-order valence-corrected chi connectivity index (χ1v) is 5.55. The lowest BCUT2D eigenvalue weighted by Crippen LogP contribution is -2.28. The van der Waals surface area contributed by atoms with Crippen LogP contribution < -0.4 is 11.1 Å². The Labute approximate surface area is 107 Å².